The van der Waals surface area contributed by atoms with E-state index in [1.54, 1.807) is 0 Å². The minimum absolute atomic E-state index is 0.201. The average molecular weight is 680 g/mol. The molecule has 1 nitrogen and oxygen atoms in total. The van der Waals surface area contributed by atoms with Crippen molar-refractivity contribution in [3.05, 3.63) is 227 Å². The van der Waals surface area contributed by atoms with Crippen molar-refractivity contribution in [3.63, 3.8) is 0 Å². The first kappa shape index (κ1) is 31.5. The minimum Gasteiger partial charge on any atom is -0.310 e. The van der Waals surface area contributed by atoms with Crippen LogP contribution in [0.5, 0.6) is 0 Å². The summed E-state index contributed by atoms with van der Waals surface area (Å²) in [5, 5.41) is 0. The first-order chi connectivity index (χ1) is 26.1. The Balaban J connectivity index is 1.17. The van der Waals surface area contributed by atoms with Gasteiger partial charge in [-0.15, -0.1) is 0 Å². The first-order valence-electron chi connectivity index (χ1n) is 18.9. The molecular weight excluding hydrogens is 639 g/mol. The summed E-state index contributed by atoms with van der Waals surface area (Å²) in [5.41, 5.74) is 19.1. The van der Waals surface area contributed by atoms with Crippen LogP contribution in [0.3, 0.4) is 0 Å². The van der Waals surface area contributed by atoms with Crippen LogP contribution in [0.25, 0.3) is 27.8 Å². The van der Waals surface area contributed by atoms with Gasteiger partial charge in [0.05, 0.1) is 16.8 Å². The summed E-state index contributed by atoms with van der Waals surface area (Å²) in [7, 11) is 0. The van der Waals surface area contributed by atoms with Gasteiger partial charge in [-0.2, -0.15) is 0 Å². The van der Waals surface area contributed by atoms with Crippen molar-refractivity contribution in [2.24, 2.45) is 0 Å². The van der Waals surface area contributed by atoms with Crippen LogP contribution < -0.4 is 4.90 Å². The van der Waals surface area contributed by atoms with E-state index < -0.39 is 0 Å². The van der Waals surface area contributed by atoms with E-state index in [9.17, 15) is 0 Å². The summed E-state index contributed by atoms with van der Waals surface area (Å²) in [6.07, 6.45) is 6.88. The zero-order valence-electron chi connectivity index (χ0n) is 30.3. The molecule has 0 saturated carbocycles. The minimum atomic E-state index is -0.344. The third-order valence-corrected chi connectivity index (χ3v) is 12.0. The Morgan fingerprint density at radius 2 is 1.08 bits per heavy atom. The summed E-state index contributed by atoms with van der Waals surface area (Å²) in [4.78, 5) is 2.46. The summed E-state index contributed by atoms with van der Waals surface area (Å²) < 4.78 is 0. The van der Waals surface area contributed by atoms with E-state index in [1.165, 1.54) is 83.8 Å². The number of hydrogen-bond donors (Lipinski definition) is 0. The largest absolute Gasteiger partial charge is 0.310 e. The number of hydrogen-bond acceptors (Lipinski definition) is 1. The molecule has 0 unspecified atom stereocenters. The molecule has 3 aliphatic rings. The predicted molar refractivity (Wildman–Crippen MR) is 222 cm³/mol. The van der Waals surface area contributed by atoms with Crippen molar-refractivity contribution in [1.29, 1.82) is 0 Å². The monoisotopic (exact) mass is 679 g/mol. The lowest BCUT2D eigenvalue weighted by molar-refractivity contribution is 0.632. The van der Waals surface area contributed by atoms with E-state index in [-0.39, 0.29) is 10.8 Å². The van der Waals surface area contributed by atoms with Crippen LogP contribution in [0.2, 0.25) is 0 Å². The SMILES string of the molecule is CC1(C)c2ccccc2N(c2ccc(-c3ccccc3)cc2)c2ccc(-c3cccc4c3C3=C(CCC=C3)C4(c3ccccc3)c3ccccc3)cc21. The maximum atomic E-state index is 2.49. The zero-order valence-corrected chi connectivity index (χ0v) is 30.3. The molecule has 254 valence electrons. The number of para-hydroxylation sites is 1. The van der Waals surface area contributed by atoms with Crippen molar-refractivity contribution in [1.82, 2.24) is 0 Å². The van der Waals surface area contributed by atoms with Crippen molar-refractivity contribution >= 4 is 22.6 Å². The molecule has 10 rings (SSSR count). The third kappa shape index (κ3) is 4.70. The van der Waals surface area contributed by atoms with Crippen LogP contribution in [0, 0.1) is 0 Å². The van der Waals surface area contributed by atoms with E-state index in [0.717, 1.165) is 12.8 Å². The van der Waals surface area contributed by atoms with Gasteiger partial charge in [-0.25, -0.2) is 0 Å². The fourth-order valence-corrected chi connectivity index (χ4v) is 9.63. The predicted octanol–water partition coefficient (Wildman–Crippen LogP) is 13.6. The van der Waals surface area contributed by atoms with Gasteiger partial charge in [0.15, 0.2) is 0 Å². The maximum Gasteiger partial charge on any atom is 0.0676 e. The smallest absolute Gasteiger partial charge is 0.0676 e. The van der Waals surface area contributed by atoms with Crippen molar-refractivity contribution in [3.8, 4) is 22.3 Å². The molecular formula is C52H41N. The van der Waals surface area contributed by atoms with E-state index in [4.69, 9.17) is 0 Å². The van der Waals surface area contributed by atoms with Gasteiger partial charge in [-0.1, -0.05) is 172 Å². The molecule has 1 aliphatic heterocycles. The van der Waals surface area contributed by atoms with Crippen LogP contribution in [-0.4, -0.2) is 0 Å². The van der Waals surface area contributed by atoms with Gasteiger partial charge >= 0.3 is 0 Å². The first-order valence-corrected chi connectivity index (χ1v) is 18.9. The molecule has 0 N–H and O–H groups in total. The van der Waals surface area contributed by atoms with Gasteiger partial charge < -0.3 is 4.90 Å². The number of nitrogens with zero attached hydrogens (tertiary/aromatic N) is 1. The Labute approximate surface area is 313 Å². The van der Waals surface area contributed by atoms with Crippen molar-refractivity contribution in [2.45, 2.75) is 37.5 Å². The van der Waals surface area contributed by atoms with E-state index >= 15 is 0 Å². The molecule has 7 aromatic rings. The standard InChI is InChI=1S/C52H41N/c1-51(2)45-26-14-15-28-48(45)53(41-32-29-37(30-33-41)36-17-6-3-7-18-36)49-34-31-38(35-47(49)51)42-24-16-27-46-50(42)43-23-12-13-25-44(43)52(46,39-19-8-4-9-20-39)40-21-10-5-11-22-40/h3-12,14-24,26-35H,13,25H2,1-2H3. The van der Waals surface area contributed by atoms with Crippen LogP contribution in [-0.2, 0) is 10.8 Å². The lowest BCUT2D eigenvalue weighted by Crippen LogP contribution is -2.30. The highest BCUT2D eigenvalue weighted by Gasteiger charge is 2.48. The summed E-state index contributed by atoms with van der Waals surface area (Å²) in [5.74, 6) is 0. The number of rotatable bonds is 5. The van der Waals surface area contributed by atoms with Gasteiger partial charge in [-0.3, -0.25) is 0 Å². The van der Waals surface area contributed by atoms with Crippen LogP contribution in [0.15, 0.2) is 194 Å². The van der Waals surface area contributed by atoms with Gasteiger partial charge in [0, 0.05) is 11.1 Å². The summed E-state index contributed by atoms with van der Waals surface area (Å²) in [6, 6.07) is 65.3. The molecule has 53 heavy (non-hydrogen) atoms. The van der Waals surface area contributed by atoms with Gasteiger partial charge in [0.1, 0.15) is 0 Å². The summed E-state index contributed by atoms with van der Waals surface area (Å²) >= 11 is 0. The Kier molecular flexibility index (Phi) is 7.27. The van der Waals surface area contributed by atoms with E-state index in [0.29, 0.717) is 0 Å². The lowest BCUT2D eigenvalue weighted by atomic mass is 9.65. The molecule has 0 amide bonds. The highest BCUT2D eigenvalue weighted by molar-refractivity contribution is 5.98. The second-order valence-corrected chi connectivity index (χ2v) is 15.2. The highest BCUT2D eigenvalue weighted by atomic mass is 15.2. The molecule has 1 heteroatoms. The van der Waals surface area contributed by atoms with E-state index in [1.807, 2.05) is 0 Å². The fraction of sp³-hybridized carbons (Fsp3) is 0.115. The summed E-state index contributed by atoms with van der Waals surface area (Å²) in [6.45, 7) is 4.78. The topological polar surface area (TPSA) is 3.24 Å². The average Bonchev–Trinajstić information content (AvgIpc) is 3.53. The molecule has 0 atom stereocenters. The second-order valence-electron chi connectivity index (χ2n) is 15.2. The second kappa shape index (κ2) is 12.2. The Morgan fingerprint density at radius 3 is 1.79 bits per heavy atom. The zero-order chi connectivity index (χ0) is 35.6. The molecule has 0 radical (unpaired) electrons. The van der Waals surface area contributed by atoms with Gasteiger partial charge in [0.2, 0.25) is 0 Å². The van der Waals surface area contributed by atoms with Gasteiger partial charge in [-0.05, 0) is 110 Å². The Bertz CT molecular complexity index is 2520. The number of benzene rings is 7. The normalized spacial score (nSPS) is 16.1. The van der Waals surface area contributed by atoms with Gasteiger partial charge in [0.25, 0.3) is 0 Å². The fourth-order valence-electron chi connectivity index (χ4n) is 9.63. The van der Waals surface area contributed by atoms with Crippen LogP contribution >= 0.6 is 0 Å². The quantitative estimate of drug-likeness (QED) is 0.175. The molecule has 0 aromatic heterocycles. The van der Waals surface area contributed by atoms with E-state index in [2.05, 4.69) is 207 Å². The third-order valence-electron chi connectivity index (χ3n) is 12.0. The molecule has 0 spiro atoms. The highest BCUT2D eigenvalue weighted by Crippen LogP contribution is 2.59. The Morgan fingerprint density at radius 1 is 0.491 bits per heavy atom. The lowest BCUT2D eigenvalue weighted by Gasteiger charge is -2.42. The van der Waals surface area contributed by atoms with Crippen molar-refractivity contribution in [2.75, 3.05) is 4.90 Å². The van der Waals surface area contributed by atoms with Crippen LogP contribution in [0.4, 0.5) is 17.1 Å². The van der Waals surface area contributed by atoms with Crippen molar-refractivity contribution < 1.29 is 0 Å². The Hall–Kier alpha value is -6.18. The number of allylic oxidation sites excluding steroid dienone is 4. The number of anilines is 3. The molecule has 0 saturated heterocycles. The molecule has 7 aromatic carbocycles. The molecule has 0 bridgehead atoms. The van der Waals surface area contributed by atoms with Crippen LogP contribution in [0.1, 0.15) is 60.1 Å². The molecule has 0 fully saturated rings. The molecule has 2 aliphatic carbocycles. The number of fused-ring (bicyclic) bond motifs is 4. The maximum absolute atomic E-state index is 2.49. The molecule has 1 heterocycles.